The fourth-order valence-corrected chi connectivity index (χ4v) is 2.15. The molecule has 138 valence electrons. The van der Waals surface area contributed by atoms with E-state index < -0.39 is 30.1 Å². The van der Waals surface area contributed by atoms with Crippen molar-refractivity contribution in [1.29, 1.82) is 0 Å². The van der Waals surface area contributed by atoms with Crippen LogP contribution in [-0.4, -0.2) is 29.6 Å². The first-order valence-corrected chi connectivity index (χ1v) is 7.75. The Morgan fingerprint density at radius 3 is 2.12 bits per heavy atom. The monoisotopic (exact) mass is 364 g/mol. The SMILES string of the molecule is CC(C)(Oc1ccc(C(=O)OCC(F)(F)C(=O)O)cc1)c1ccccc1. The van der Waals surface area contributed by atoms with E-state index >= 15 is 0 Å². The van der Waals surface area contributed by atoms with Crippen molar-refractivity contribution in [1.82, 2.24) is 0 Å². The predicted octanol–water partition coefficient (Wildman–Crippen LogP) is 3.88. The van der Waals surface area contributed by atoms with Crippen molar-refractivity contribution >= 4 is 11.9 Å². The molecule has 0 spiro atoms. The smallest absolute Gasteiger partial charge is 0.378 e. The summed E-state index contributed by atoms with van der Waals surface area (Å²) < 4.78 is 36.1. The highest BCUT2D eigenvalue weighted by Gasteiger charge is 2.40. The van der Waals surface area contributed by atoms with Crippen LogP contribution in [0.4, 0.5) is 8.78 Å². The largest absolute Gasteiger partial charge is 0.483 e. The van der Waals surface area contributed by atoms with Gasteiger partial charge in [-0.15, -0.1) is 0 Å². The molecule has 0 unspecified atom stereocenters. The third kappa shape index (κ3) is 4.78. The number of esters is 1. The van der Waals surface area contributed by atoms with Gasteiger partial charge < -0.3 is 14.6 Å². The van der Waals surface area contributed by atoms with Crippen molar-refractivity contribution in [3.8, 4) is 5.75 Å². The fraction of sp³-hybridized carbons (Fsp3) is 0.263. The highest BCUT2D eigenvalue weighted by molar-refractivity contribution is 5.89. The molecule has 2 aromatic carbocycles. The highest BCUT2D eigenvalue weighted by atomic mass is 19.3. The number of ether oxygens (including phenoxy) is 2. The van der Waals surface area contributed by atoms with E-state index in [-0.39, 0.29) is 5.56 Å². The first kappa shape index (κ1) is 19.4. The van der Waals surface area contributed by atoms with E-state index in [2.05, 4.69) is 4.74 Å². The van der Waals surface area contributed by atoms with Crippen molar-refractivity contribution in [3.63, 3.8) is 0 Å². The number of halogens is 2. The van der Waals surface area contributed by atoms with Crippen LogP contribution in [0.2, 0.25) is 0 Å². The maximum atomic E-state index is 12.9. The molecule has 0 bridgehead atoms. The molecule has 2 rings (SSSR count). The van der Waals surface area contributed by atoms with Gasteiger partial charge in [-0.3, -0.25) is 0 Å². The van der Waals surface area contributed by atoms with Gasteiger partial charge in [0, 0.05) is 0 Å². The van der Waals surface area contributed by atoms with E-state index in [1.54, 1.807) is 0 Å². The Bertz CT molecular complexity index is 770. The zero-order valence-corrected chi connectivity index (χ0v) is 14.2. The van der Waals surface area contributed by atoms with Crippen LogP contribution in [-0.2, 0) is 15.1 Å². The molecule has 0 aliphatic carbocycles. The summed E-state index contributed by atoms with van der Waals surface area (Å²) in [6, 6.07) is 15.3. The number of hydrogen-bond acceptors (Lipinski definition) is 4. The quantitative estimate of drug-likeness (QED) is 0.755. The molecule has 0 heterocycles. The van der Waals surface area contributed by atoms with Crippen LogP contribution in [0.3, 0.4) is 0 Å². The van der Waals surface area contributed by atoms with E-state index in [1.165, 1.54) is 24.3 Å². The molecule has 5 nitrogen and oxygen atoms in total. The van der Waals surface area contributed by atoms with Gasteiger partial charge in [0.2, 0.25) is 0 Å². The van der Waals surface area contributed by atoms with Crippen LogP contribution in [0.5, 0.6) is 5.75 Å². The van der Waals surface area contributed by atoms with Gasteiger partial charge in [0.1, 0.15) is 11.4 Å². The Morgan fingerprint density at radius 2 is 1.58 bits per heavy atom. The van der Waals surface area contributed by atoms with Gasteiger partial charge in [-0.25, -0.2) is 9.59 Å². The molecular formula is C19H18F2O5. The van der Waals surface area contributed by atoms with E-state index in [9.17, 15) is 18.4 Å². The van der Waals surface area contributed by atoms with Crippen LogP contribution >= 0.6 is 0 Å². The maximum Gasteiger partial charge on any atom is 0.378 e. The van der Waals surface area contributed by atoms with Gasteiger partial charge in [0.15, 0.2) is 6.61 Å². The average Bonchev–Trinajstić information content (AvgIpc) is 2.60. The summed E-state index contributed by atoms with van der Waals surface area (Å²) in [4.78, 5) is 22.0. The summed E-state index contributed by atoms with van der Waals surface area (Å²) in [5.74, 6) is -7.04. The predicted molar refractivity (Wildman–Crippen MR) is 89.4 cm³/mol. The molecule has 0 fully saturated rings. The molecule has 0 radical (unpaired) electrons. The fourth-order valence-electron chi connectivity index (χ4n) is 2.15. The van der Waals surface area contributed by atoms with Crippen LogP contribution in [0.25, 0.3) is 0 Å². The Morgan fingerprint density at radius 1 is 1.00 bits per heavy atom. The van der Waals surface area contributed by atoms with Crippen molar-refractivity contribution in [3.05, 3.63) is 65.7 Å². The lowest BCUT2D eigenvalue weighted by atomic mass is 9.98. The summed E-state index contributed by atoms with van der Waals surface area (Å²) in [6.45, 7) is 2.25. The molecule has 0 atom stereocenters. The maximum absolute atomic E-state index is 12.9. The Kier molecular flexibility index (Phi) is 5.59. The summed E-state index contributed by atoms with van der Waals surface area (Å²) in [5.41, 5.74) is 0.350. The Hall–Kier alpha value is -2.96. The van der Waals surface area contributed by atoms with E-state index in [1.807, 2.05) is 44.2 Å². The molecule has 26 heavy (non-hydrogen) atoms. The van der Waals surface area contributed by atoms with Crippen molar-refractivity contribution in [2.45, 2.75) is 25.4 Å². The van der Waals surface area contributed by atoms with Gasteiger partial charge in [0.05, 0.1) is 5.56 Å². The summed E-state index contributed by atoms with van der Waals surface area (Å²) in [5, 5.41) is 8.31. The minimum absolute atomic E-state index is 0.0102. The normalized spacial score (nSPS) is 11.7. The molecule has 0 aliphatic rings. The number of carboxylic acid groups (broad SMARTS) is 1. The first-order valence-electron chi connectivity index (χ1n) is 7.75. The number of carbonyl (C=O) groups is 2. The van der Waals surface area contributed by atoms with Crippen LogP contribution in [0.15, 0.2) is 54.6 Å². The van der Waals surface area contributed by atoms with E-state index in [0.29, 0.717) is 5.75 Å². The van der Waals surface area contributed by atoms with Crippen molar-refractivity contribution in [2.24, 2.45) is 0 Å². The van der Waals surface area contributed by atoms with Gasteiger partial charge in [-0.2, -0.15) is 8.78 Å². The molecule has 7 heteroatoms. The number of benzene rings is 2. The first-order chi connectivity index (χ1) is 12.1. The number of hydrogen-bond donors (Lipinski definition) is 1. The third-order valence-corrected chi connectivity index (χ3v) is 3.63. The number of carboxylic acids is 1. The van der Waals surface area contributed by atoms with Crippen molar-refractivity contribution < 1.29 is 33.0 Å². The summed E-state index contributed by atoms with van der Waals surface area (Å²) in [7, 11) is 0. The second-order valence-electron chi connectivity index (χ2n) is 6.09. The highest BCUT2D eigenvalue weighted by Crippen LogP contribution is 2.27. The zero-order valence-electron chi connectivity index (χ0n) is 14.2. The minimum atomic E-state index is -4.13. The zero-order chi connectivity index (χ0) is 19.4. The van der Waals surface area contributed by atoms with Crippen LogP contribution in [0, 0.1) is 0 Å². The molecule has 0 saturated carbocycles. The molecule has 0 amide bonds. The number of alkyl halides is 2. The topological polar surface area (TPSA) is 72.8 Å². The molecule has 0 aliphatic heterocycles. The average molecular weight is 364 g/mol. The van der Waals surface area contributed by atoms with Crippen LogP contribution < -0.4 is 4.74 Å². The van der Waals surface area contributed by atoms with Gasteiger partial charge in [-0.1, -0.05) is 30.3 Å². The second-order valence-corrected chi connectivity index (χ2v) is 6.09. The van der Waals surface area contributed by atoms with Gasteiger partial charge in [0.25, 0.3) is 0 Å². The Labute approximate surface area is 149 Å². The van der Waals surface area contributed by atoms with Gasteiger partial charge >= 0.3 is 17.9 Å². The Balaban J connectivity index is 2.02. The van der Waals surface area contributed by atoms with Crippen LogP contribution in [0.1, 0.15) is 29.8 Å². The lowest BCUT2D eigenvalue weighted by Gasteiger charge is -2.27. The second kappa shape index (κ2) is 7.51. The summed E-state index contributed by atoms with van der Waals surface area (Å²) >= 11 is 0. The third-order valence-electron chi connectivity index (χ3n) is 3.63. The molecular weight excluding hydrogens is 346 g/mol. The molecule has 2 aromatic rings. The van der Waals surface area contributed by atoms with Crippen molar-refractivity contribution in [2.75, 3.05) is 6.61 Å². The molecule has 1 N–H and O–H groups in total. The standard InChI is InChI=1S/C19H18F2O5/c1-18(2,14-6-4-3-5-7-14)26-15-10-8-13(9-11-15)16(22)25-12-19(20,21)17(23)24/h3-11H,12H2,1-2H3,(H,23,24). The number of aliphatic carboxylic acids is 1. The van der Waals surface area contributed by atoms with E-state index in [0.717, 1.165) is 5.56 Å². The lowest BCUT2D eigenvalue weighted by molar-refractivity contribution is -0.170. The lowest BCUT2D eigenvalue weighted by Crippen LogP contribution is -2.34. The number of rotatable bonds is 7. The molecule has 0 aromatic heterocycles. The van der Waals surface area contributed by atoms with Gasteiger partial charge in [-0.05, 0) is 43.7 Å². The summed E-state index contributed by atoms with van der Waals surface area (Å²) in [6.07, 6.45) is 0. The minimum Gasteiger partial charge on any atom is -0.483 e. The van der Waals surface area contributed by atoms with E-state index in [4.69, 9.17) is 9.84 Å². The molecule has 0 saturated heterocycles. The number of carbonyl (C=O) groups excluding carboxylic acids is 1.